The average molecular weight is 271 g/mol. The van der Waals surface area contributed by atoms with E-state index in [0.29, 0.717) is 13.0 Å². The molecule has 1 atom stereocenters. The molecule has 8 nitrogen and oxygen atoms in total. The lowest BCUT2D eigenvalue weighted by Gasteiger charge is -2.22. The van der Waals surface area contributed by atoms with Crippen LogP contribution in [0.1, 0.15) is 23.8 Å². The average Bonchev–Trinajstić information content (AvgIpc) is 2.83. The number of nitrogens with zero attached hydrogens (tertiary/aromatic N) is 1. The summed E-state index contributed by atoms with van der Waals surface area (Å²) in [6, 6.07) is 2.52. The van der Waals surface area contributed by atoms with Crippen molar-refractivity contribution in [1.29, 1.82) is 0 Å². The second-order valence-electron chi connectivity index (χ2n) is 4.44. The topological polar surface area (TPSA) is 117 Å². The summed E-state index contributed by atoms with van der Waals surface area (Å²) < 4.78 is 4.84. The fourth-order valence-corrected chi connectivity index (χ4v) is 1.40. The van der Waals surface area contributed by atoms with E-state index in [9.17, 15) is 20.0 Å². The number of carbonyl (C=O) groups is 1. The van der Waals surface area contributed by atoms with Gasteiger partial charge in [-0.1, -0.05) is 0 Å². The molecule has 0 aliphatic heterocycles. The number of aromatic nitrogens is 1. The molecule has 0 aromatic carbocycles. The Morgan fingerprint density at radius 3 is 2.84 bits per heavy atom. The predicted molar refractivity (Wildman–Crippen MR) is 66.9 cm³/mol. The van der Waals surface area contributed by atoms with Gasteiger partial charge in [0.15, 0.2) is 5.69 Å². The second-order valence-corrected chi connectivity index (χ2v) is 4.44. The van der Waals surface area contributed by atoms with Gasteiger partial charge in [-0.3, -0.25) is 4.79 Å². The van der Waals surface area contributed by atoms with Crippen molar-refractivity contribution in [3.63, 3.8) is 0 Å². The molecule has 0 aliphatic rings. The van der Waals surface area contributed by atoms with Crippen LogP contribution in [0.3, 0.4) is 0 Å². The highest BCUT2D eigenvalue weighted by Gasteiger charge is 2.22. The van der Waals surface area contributed by atoms with E-state index in [4.69, 9.17) is 4.74 Å². The highest BCUT2D eigenvalue weighted by atomic mass is 16.6. The first-order valence-electron chi connectivity index (χ1n) is 5.68. The second kappa shape index (κ2) is 6.30. The summed E-state index contributed by atoms with van der Waals surface area (Å²) in [5, 5.41) is 22.9. The van der Waals surface area contributed by atoms with Crippen molar-refractivity contribution in [1.82, 2.24) is 10.3 Å². The van der Waals surface area contributed by atoms with E-state index < -0.39 is 16.4 Å². The molecule has 0 saturated carbocycles. The molecule has 106 valence electrons. The Hall–Kier alpha value is -1.93. The standard InChI is InChI=1S/C11H17N3O5/c1-11(16,5-6-19-2)7-12-10(15)8-3-4-9(13-8)14(17)18/h3-4,13,16H,5-7H2,1-2H3,(H,12,15). The van der Waals surface area contributed by atoms with E-state index in [2.05, 4.69) is 10.3 Å². The number of hydrogen-bond acceptors (Lipinski definition) is 5. The third kappa shape index (κ3) is 4.68. The van der Waals surface area contributed by atoms with Gasteiger partial charge in [0.05, 0.1) is 5.60 Å². The number of aliphatic hydroxyl groups is 1. The molecule has 0 saturated heterocycles. The number of aromatic amines is 1. The van der Waals surface area contributed by atoms with E-state index in [0.717, 1.165) is 0 Å². The van der Waals surface area contributed by atoms with Crippen molar-refractivity contribution in [2.75, 3.05) is 20.3 Å². The van der Waals surface area contributed by atoms with E-state index >= 15 is 0 Å². The first-order valence-corrected chi connectivity index (χ1v) is 5.68. The summed E-state index contributed by atoms with van der Waals surface area (Å²) in [6.45, 7) is 1.97. The smallest absolute Gasteiger partial charge is 0.321 e. The minimum atomic E-state index is -1.09. The highest BCUT2D eigenvalue weighted by Crippen LogP contribution is 2.11. The van der Waals surface area contributed by atoms with Crippen LogP contribution >= 0.6 is 0 Å². The fraction of sp³-hybridized carbons (Fsp3) is 0.545. The van der Waals surface area contributed by atoms with Crippen LogP contribution in [0.15, 0.2) is 12.1 Å². The Morgan fingerprint density at radius 2 is 2.32 bits per heavy atom. The SMILES string of the molecule is COCCC(C)(O)CNC(=O)c1ccc([N+](=O)[O-])[nH]1. The molecule has 1 unspecified atom stereocenters. The van der Waals surface area contributed by atoms with Crippen LogP contribution in [0, 0.1) is 10.1 Å². The molecular formula is C11H17N3O5. The number of carbonyl (C=O) groups excluding carboxylic acids is 1. The van der Waals surface area contributed by atoms with E-state index in [1.807, 2.05) is 0 Å². The number of amides is 1. The summed E-state index contributed by atoms with van der Waals surface area (Å²) in [7, 11) is 1.52. The number of nitrogens with one attached hydrogen (secondary N) is 2. The summed E-state index contributed by atoms with van der Waals surface area (Å²) in [6.07, 6.45) is 0.370. The fourth-order valence-electron chi connectivity index (χ4n) is 1.40. The maximum absolute atomic E-state index is 11.7. The molecule has 0 spiro atoms. The summed E-state index contributed by atoms with van der Waals surface area (Å²) >= 11 is 0. The van der Waals surface area contributed by atoms with Gasteiger partial charge in [-0.05, 0) is 17.9 Å². The van der Waals surface area contributed by atoms with Gasteiger partial charge in [-0.15, -0.1) is 0 Å². The number of hydrogen-bond donors (Lipinski definition) is 3. The van der Waals surface area contributed by atoms with E-state index in [-0.39, 0.29) is 18.1 Å². The first-order chi connectivity index (χ1) is 8.85. The molecule has 0 aliphatic carbocycles. The molecule has 1 aromatic rings. The van der Waals surface area contributed by atoms with Crippen LogP contribution in [-0.2, 0) is 4.74 Å². The Bertz CT molecular complexity index is 455. The Morgan fingerprint density at radius 1 is 1.63 bits per heavy atom. The molecule has 1 aromatic heterocycles. The number of rotatable bonds is 7. The molecule has 0 radical (unpaired) electrons. The quantitative estimate of drug-likeness (QED) is 0.491. The van der Waals surface area contributed by atoms with Gasteiger partial charge >= 0.3 is 5.82 Å². The third-order valence-electron chi connectivity index (χ3n) is 2.59. The third-order valence-corrected chi connectivity index (χ3v) is 2.59. The van der Waals surface area contributed by atoms with Crippen molar-refractivity contribution >= 4 is 11.7 Å². The number of nitro groups is 1. The lowest BCUT2D eigenvalue weighted by Crippen LogP contribution is -2.41. The monoisotopic (exact) mass is 271 g/mol. The first kappa shape index (κ1) is 15.1. The zero-order valence-electron chi connectivity index (χ0n) is 10.8. The van der Waals surface area contributed by atoms with Crippen LogP contribution in [0.5, 0.6) is 0 Å². The summed E-state index contributed by atoms with van der Waals surface area (Å²) in [5.74, 6) is -0.762. The highest BCUT2D eigenvalue weighted by molar-refractivity contribution is 5.92. The van der Waals surface area contributed by atoms with Gasteiger partial charge in [-0.2, -0.15) is 0 Å². The molecular weight excluding hydrogens is 254 g/mol. The Labute approximate surface area is 109 Å². The van der Waals surface area contributed by atoms with Crippen LogP contribution in [-0.4, -0.2) is 46.8 Å². The molecule has 0 bridgehead atoms. The molecule has 0 fully saturated rings. The maximum Gasteiger partial charge on any atom is 0.321 e. The van der Waals surface area contributed by atoms with E-state index in [1.54, 1.807) is 6.92 Å². The van der Waals surface area contributed by atoms with Crippen molar-refractivity contribution in [2.24, 2.45) is 0 Å². The molecule has 1 rings (SSSR count). The van der Waals surface area contributed by atoms with Gasteiger partial charge in [0.1, 0.15) is 0 Å². The van der Waals surface area contributed by atoms with Gasteiger partial charge in [0, 0.05) is 32.7 Å². The van der Waals surface area contributed by atoms with Crippen LogP contribution < -0.4 is 5.32 Å². The van der Waals surface area contributed by atoms with Crippen LogP contribution in [0.4, 0.5) is 5.82 Å². The van der Waals surface area contributed by atoms with Crippen molar-refractivity contribution < 1.29 is 19.6 Å². The van der Waals surface area contributed by atoms with Crippen LogP contribution in [0.25, 0.3) is 0 Å². The maximum atomic E-state index is 11.7. The summed E-state index contributed by atoms with van der Waals surface area (Å²) in [4.78, 5) is 23.9. The predicted octanol–water partition coefficient (Wildman–Crippen LogP) is 0.440. The Balaban J connectivity index is 2.52. The van der Waals surface area contributed by atoms with Gasteiger partial charge in [0.25, 0.3) is 5.91 Å². The van der Waals surface area contributed by atoms with E-state index in [1.165, 1.54) is 19.2 Å². The van der Waals surface area contributed by atoms with Crippen molar-refractivity contribution in [2.45, 2.75) is 18.9 Å². The summed E-state index contributed by atoms with van der Waals surface area (Å²) in [5.41, 5.74) is -1.02. The minimum Gasteiger partial charge on any atom is -0.388 e. The molecule has 19 heavy (non-hydrogen) atoms. The molecule has 3 N–H and O–H groups in total. The lowest BCUT2D eigenvalue weighted by atomic mass is 10.0. The minimum absolute atomic E-state index is 0.0298. The molecule has 1 amide bonds. The number of methoxy groups -OCH3 is 1. The van der Waals surface area contributed by atoms with Crippen molar-refractivity contribution in [3.8, 4) is 0 Å². The molecule has 8 heteroatoms. The number of ether oxygens (including phenoxy) is 1. The molecule has 1 heterocycles. The van der Waals surface area contributed by atoms with Crippen LogP contribution in [0.2, 0.25) is 0 Å². The zero-order chi connectivity index (χ0) is 14.5. The van der Waals surface area contributed by atoms with Gasteiger partial charge < -0.3 is 25.3 Å². The van der Waals surface area contributed by atoms with Gasteiger partial charge in [0.2, 0.25) is 0 Å². The Kier molecular flexibility index (Phi) is 5.02. The van der Waals surface area contributed by atoms with Crippen molar-refractivity contribution in [3.05, 3.63) is 27.9 Å². The normalized spacial score (nSPS) is 13.8. The van der Waals surface area contributed by atoms with Gasteiger partial charge in [-0.25, -0.2) is 4.98 Å². The lowest BCUT2D eigenvalue weighted by molar-refractivity contribution is -0.389. The number of H-pyrrole nitrogens is 1. The zero-order valence-corrected chi connectivity index (χ0v) is 10.8. The largest absolute Gasteiger partial charge is 0.388 e.